The molecular weight excluding hydrogens is 467 g/mol. The zero-order valence-corrected chi connectivity index (χ0v) is 19.6. The van der Waals surface area contributed by atoms with Gasteiger partial charge >= 0.3 is 5.97 Å². The quantitative estimate of drug-likeness (QED) is 0.486. The van der Waals surface area contributed by atoms with Crippen LogP contribution in [0.3, 0.4) is 0 Å². The second kappa shape index (κ2) is 11.0. The van der Waals surface area contributed by atoms with Gasteiger partial charge in [-0.3, -0.25) is 9.59 Å². The third kappa shape index (κ3) is 6.34. The summed E-state index contributed by atoms with van der Waals surface area (Å²) in [5, 5.41) is 7.43. The molecule has 8 nitrogen and oxygen atoms in total. The van der Waals surface area contributed by atoms with Gasteiger partial charge in [-0.1, -0.05) is 65.7 Å². The number of nitrogens with zero attached hydrogens (tertiary/aromatic N) is 3. The fourth-order valence-corrected chi connectivity index (χ4v) is 3.51. The third-order valence-corrected chi connectivity index (χ3v) is 5.44. The molecule has 33 heavy (non-hydrogen) atoms. The second-order valence-corrected chi connectivity index (χ2v) is 8.01. The lowest BCUT2D eigenvalue weighted by Gasteiger charge is -2.17. The Morgan fingerprint density at radius 2 is 1.73 bits per heavy atom. The van der Waals surface area contributed by atoms with Gasteiger partial charge < -0.3 is 15.0 Å². The van der Waals surface area contributed by atoms with Crippen molar-refractivity contribution in [3.05, 3.63) is 81.6 Å². The van der Waals surface area contributed by atoms with E-state index in [1.165, 1.54) is 11.7 Å². The van der Waals surface area contributed by atoms with Gasteiger partial charge in [-0.25, -0.2) is 9.48 Å². The fourth-order valence-electron chi connectivity index (χ4n) is 3.01. The van der Waals surface area contributed by atoms with Gasteiger partial charge in [0.15, 0.2) is 6.61 Å². The average Bonchev–Trinajstić information content (AvgIpc) is 3.06. The zero-order chi connectivity index (χ0) is 24.0. The van der Waals surface area contributed by atoms with Crippen LogP contribution in [-0.2, 0) is 20.9 Å². The standard InChI is InChI=1S/C23H22Cl2N4O4/c1-15-21(22(25)29(27-15)12-16-8-4-3-5-9-16)23(32)33-14-20(31)28(2)13-19(30)26-18-11-7-6-10-17(18)24/h3-11H,12-14H2,1-2H3,(H,26,30). The molecule has 1 heterocycles. The zero-order valence-electron chi connectivity index (χ0n) is 18.0. The van der Waals surface area contributed by atoms with Crippen LogP contribution in [0.5, 0.6) is 0 Å². The number of ether oxygens (including phenoxy) is 1. The third-order valence-electron chi connectivity index (χ3n) is 4.73. The molecule has 172 valence electrons. The molecule has 0 unspecified atom stereocenters. The summed E-state index contributed by atoms with van der Waals surface area (Å²) in [6, 6.07) is 16.3. The molecule has 3 aromatic rings. The topological polar surface area (TPSA) is 93.5 Å². The van der Waals surface area contributed by atoms with E-state index in [1.807, 2.05) is 30.3 Å². The fraction of sp³-hybridized carbons (Fsp3) is 0.217. The van der Waals surface area contributed by atoms with Crippen molar-refractivity contribution in [2.45, 2.75) is 13.5 Å². The average molecular weight is 489 g/mol. The highest BCUT2D eigenvalue weighted by molar-refractivity contribution is 6.33. The number of halogens is 2. The van der Waals surface area contributed by atoms with Crippen LogP contribution in [0.15, 0.2) is 54.6 Å². The van der Waals surface area contributed by atoms with Crippen LogP contribution < -0.4 is 5.32 Å². The van der Waals surface area contributed by atoms with Crippen molar-refractivity contribution in [1.29, 1.82) is 0 Å². The maximum Gasteiger partial charge on any atom is 0.343 e. The highest BCUT2D eigenvalue weighted by atomic mass is 35.5. The van der Waals surface area contributed by atoms with Gasteiger partial charge in [-0.2, -0.15) is 5.10 Å². The minimum atomic E-state index is -0.765. The van der Waals surface area contributed by atoms with Gasteiger partial charge in [0.2, 0.25) is 5.91 Å². The van der Waals surface area contributed by atoms with Crippen molar-refractivity contribution < 1.29 is 19.1 Å². The predicted molar refractivity (Wildman–Crippen MR) is 126 cm³/mol. The lowest BCUT2D eigenvalue weighted by atomic mass is 10.2. The molecule has 0 aliphatic heterocycles. The molecule has 0 saturated heterocycles. The maximum absolute atomic E-state index is 12.6. The molecule has 0 atom stereocenters. The Morgan fingerprint density at radius 3 is 2.42 bits per heavy atom. The first-order valence-electron chi connectivity index (χ1n) is 9.98. The van der Waals surface area contributed by atoms with Crippen molar-refractivity contribution in [1.82, 2.24) is 14.7 Å². The number of esters is 1. The van der Waals surface area contributed by atoms with E-state index in [0.717, 1.165) is 10.5 Å². The highest BCUT2D eigenvalue weighted by Crippen LogP contribution is 2.22. The Kier molecular flexibility index (Phi) is 8.08. The number of carbonyl (C=O) groups is 3. The largest absolute Gasteiger partial charge is 0.452 e. The number of aromatic nitrogens is 2. The second-order valence-electron chi connectivity index (χ2n) is 7.25. The summed E-state index contributed by atoms with van der Waals surface area (Å²) >= 11 is 12.4. The number of aryl methyl sites for hydroxylation is 1. The van der Waals surface area contributed by atoms with Gasteiger partial charge in [0.25, 0.3) is 5.91 Å². The number of likely N-dealkylation sites (N-methyl/N-ethyl adjacent to an activating group) is 1. The highest BCUT2D eigenvalue weighted by Gasteiger charge is 2.23. The van der Waals surface area contributed by atoms with Gasteiger partial charge in [0.05, 0.1) is 29.5 Å². The van der Waals surface area contributed by atoms with Gasteiger partial charge in [-0.05, 0) is 24.6 Å². The Labute approximate surface area is 201 Å². The Morgan fingerprint density at radius 1 is 1.06 bits per heavy atom. The number of hydrogen-bond acceptors (Lipinski definition) is 5. The maximum atomic E-state index is 12.6. The number of para-hydroxylation sites is 1. The Balaban J connectivity index is 1.55. The van der Waals surface area contributed by atoms with E-state index in [9.17, 15) is 14.4 Å². The number of nitrogens with one attached hydrogen (secondary N) is 1. The molecule has 10 heteroatoms. The van der Waals surface area contributed by atoms with E-state index < -0.39 is 24.4 Å². The van der Waals surface area contributed by atoms with Gasteiger partial charge in [0, 0.05) is 7.05 Å². The van der Waals surface area contributed by atoms with Crippen molar-refractivity contribution in [3.63, 3.8) is 0 Å². The monoisotopic (exact) mass is 488 g/mol. The van der Waals surface area contributed by atoms with Crippen molar-refractivity contribution >= 4 is 46.7 Å². The number of rotatable bonds is 8. The first-order chi connectivity index (χ1) is 15.8. The van der Waals surface area contributed by atoms with Crippen molar-refractivity contribution in [2.24, 2.45) is 0 Å². The molecule has 0 saturated carbocycles. The predicted octanol–water partition coefficient (Wildman–Crippen LogP) is 3.80. The van der Waals surface area contributed by atoms with Crippen LogP contribution in [0.1, 0.15) is 21.6 Å². The smallest absolute Gasteiger partial charge is 0.343 e. The van der Waals surface area contributed by atoms with Gasteiger partial charge in [0.1, 0.15) is 10.7 Å². The molecule has 0 radical (unpaired) electrons. The van der Waals surface area contributed by atoms with Crippen LogP contribution in [0, 0.1) is 6.92 Å². The van der Waals surface area contributed by atoms with Gasteiger partial charge in [-0.15, -0.1) is 0 Å². The minimum absolute atomic E-state index is 0.0968. The van der Waals surface area contributed by atoms with E-state index in [1.54, 1.807) is 31.2 Å². The SMILES string of the molecule is Cc1nn(Cc2ccccc2)c(Cl)c1C(=O)OCC(=O)N(C)CC(=O)Nc1ccccc1Cl. The summed E-state index contributed by atoms with van der Waals surface area (Å²) in [6.45, 7) is 1.23. The van der Waals surface area contributed by atoms with E-state index in [-0.39, 0.29) is 17.3 Å². The number of hydrogen-bond donors (Lipinski definition) is 1. The molecule has 3 rings (SSSR count). The molecule has 0 fully saturated rings. The van der Waals surface area contributed by atoms with Crippen molar-refractivity contribution in [3.8, 4) is 0 Å². The van der Waals surface area contributed by atoms with Crippen LogP contribution in [0.2, 0.25) is 10.2 Å². The summed E-state index contributed by atoms with van der Waals surface area (Å²) in [6.07, 6.45) is 0. The van der Waals surface area contributed by atoms with E-state index >= 15 is 0 Å². The molecule has 0 aliphatic carbocycles. The summed E-state index contributed by atoms with van der Waals surface area (Å²) in [4.78, 5) is 38.2. The first-order valence-corrected chi connectivity index (χ1v) is 10.7. The first kappa shape index (κ1) is 24.3. The molecule has 2 amide bonds. The van der Waals surface area contributed by atoms with E-state index in [0.29, 0.717) is 22.9 Å². The normalized spacial score (nSPS) is 10.5. The molecule has 0 bridgehead atoms. The van der Waals surface area contributed by atoms with Crippen LogP contribution >= 0.6 is 23.2 Å². The number of carbonyl (C=O) groups excluding carboxylic acids is 3. The number of amides is 2. The lowest BCUT2D eigenvalue weighted by molar-refractivity contribution is -0.136. The van der Waals surface area contributed by atoms with Crippen molar-refractivity contribution in [2.75, 3.05) is 25.5 Å². The number of benzene rings is 2. The van der Waals surface area contributed by atoms with Crippen LogP contribution in [0.4, 0.5) is 5.69 Å². The Bertz CT molecular complexity index is 1160. The van der Waals surface area contributed by atoms with E-state index in [4.69, 9.17) is 27.9 Å². The summed E-state index contributed by atoms with van der Waals surface area (Å²) < 4.78 is 6.63. The molecule has 1 aromatic heterocycles. The Hall–Kier alpha value is -3.36. The molecule has 2 aromatic carbocycles. The number of anilines is 1. The lowest BCUT2D eigenvalue weighted by Crippen LogP contribution is -2.37. The summed E-state index contributed by atoms with van der Waals surface area (Å²) in [5.41, 5.74) is 1.89. The summed E-state index contributed by atoms with van der Waals surface area (Å²) in [7, 11) is 1.43. The van der Waals surface area contributed by atoms with Crippen LogP contribution in [-0.4, -0.2) is 52.7 Å². The molecule has 0 aliphatic rings. The summed E-state index contributed by atoms with van der Waals surface area (Å²) in [5.74, 6) is -1.76. The molecule has 0 spiro atoms. The van der Waals surface area contributed by atoms with E-state index in [2.05, 4.69) is 10.4 Å². The minimum Gasteiger partial charge on any atom is -0.452 e. The molecular formula is C23H22Cl2N4O4. The van der Waals surface area contributed by atoms with Crippen LogP contribution in [0.25, 0.3) is 0 Å². The molecule has 1 N–H and O–H groups in total.